The van der Waals surface area contributed by atoms with Gasteiger partial charge in [-0.3, -0.25) is 9.59 Å². The van der Waals surface area contributed by atoms with Crippen LogP contribution in [0.1, 0.15) is 296 Å². The molecule has 0 aromatic carbocycles. The van der Waals surface area contributed by atoms with Crippen molar-refractivity contribution in [3.8, 4) is 0 Å². The minimum absolute atomic E-state index is 0.143. The Bertz CT molecular complexity index is 2010. The van der Waals surface area contributed by atoms with Crippen molar-refractivity contribution in [3.05, 3.63) is 146 Å². The molecule has 2 unspecified atom stereocenters. The van der Waals surface area contributed by atoms with Crippen LogP contribution in [0.25, 0.3) is 0 Å². The predicted octanol–water partition coefficient (Wildman–Crippen LogP) is 22.1. The molecule has 0 aliphatic carbocycles. The van der Waals surface area contributed by atoms with Gasteiger partial charge in [0.25, 0.3) is 0 Å². The van der Waals surface area contributed by atoms with Gasteiger partial charge in [-0.25, -0.2) is 0 Å². The average Bonchev–Trinajstić information content (AvgIpc) is 3.46. The third-order valence-electron chi connectivity index (χ3n) is 15.6. The minimum atomic E-state index is -1.63. The zero-order valence-corrected chi connectivity index (χ0v) is 59.2. The molecule has 0 spiro atoms. The molecule has 9 nitrogen and oxygen atoms in total. The van der Waals surface area contributed by atoms with E-state index in [0.29, 0.717) is 17.4 Å². The van der Waals surface area contributed by atoms with Crippen LogP contribution in [-0.4, -0.2) is 82.3 Å². The van der Waals surface area contributed by atoms with Crippen molar-refractivity contribution in [1.29, 1.82) is 0 Å². The second-order valence-electron chi connectivity index (χ2n) is 25.5. The standard InChI is InChI=1S/C82H137NO8/c1-6-8-10-12-14-16-18-20-22-24-26-28-30-32-34-35-36-37-38-39-40-41-42-43-44-45-47-49-51-53-55-57-59-61-63-65-67-69-71-73-80(85)91-78(77-90-82(81(86)87)88-75-74-83(3,4)5)76-89-79(84)72-70-68-66-64-62-60-58-56-54-52-50-48-46-33-31-29-27-25-23-21-19-17-15-13-11-9-7-2/h8-11,14-17,20-23,26-29,32,34,36-37,39-40,42-43,78,82H,6-7,12-13,18-19,24-25,30-31,33,35,38,41,44-77H2,1-5H3/b10-8-,11-9-,16-14-,17-15-,22-20-,23-21-,28-26-,29-27-,34-32-,37-36-,40-39-,43-42-. The van der Waals surface area contributed by atoms with Crippen molar-refractivity contribution in [3.63, 3.8) is 0 Å². The molecule has 91 heavy (non-hydrogen) atoms. The molecule has 0 heterocycles. The highest BCUT2D eigenvalue weighted by molar-refractivity contribution is 5.70. The van der Waals surface area contributed by atoms with Crippen LogP contribution in [0, 0.1) is 0 Å². The fraction of sp³-hybridized carbons (Fsp3) is 0.671. The largest absolute Gasteiger partial charge is 0.545 e. The number of ether oxygens (including phenoxy) is 4. The van der Waals surface area contributed by atoms with Gasteiger partial charge >= 0.3 is 11.9 Å². The van der Waals surface area contributed by atoms with Crippen LogP contribution >= 0.6 is 0 Å². The third kappa shape index (κ3) is 72.5. The summed E-state index contributed by atoms with van der Waals surface area (Å²) in [5.41, 5.74) is 0. The first-order chi connectivity index (χ1) is 44.6. The number of carboxylic acids is 1. The van der Waals surface area contributed by atoms with E-state index in [2.05, 4.69) is 160 Å². The van der Waals surface area contributed by atoms with E-state index < -0.39 is 24.3 Å². The summed E-state index contributed by atoms with van der Waals surface area (Å²) in [5, 5.41) is 11.8. The number of quaternary nitrogens is 1. The number of allylic oxidation sites excluding steroid dienone is 24. The highest BCUT2D eigenvalue weighted by atomic mass is 16.7. The minimum Gasteiger partial charge on any atom is -0.545 e. The number of unbranched alkanes of at least 4 members (excludes halogenated alkanes) is 28. The number of carbonyl (C=O) groups excluding carboxylic acids is 3. The molecule has 0 saturated carbocycles. The molecule has 0 N–H and O–H groups in total. The molecule has 0 aromatic heterocycles. The van der Waals surface area contributed by atoms with Gasteiger partial charge < -0.3 is 33.3 Å². The van der Waals surface area contributed by atoms with Gasteiger partial charge in [-0.1, -0.05) is 314 Å². The first-order valence-electron chi connectivity index (χ1n) is 37.0. The molecule has 0 aromatic rings. The van der Waals surface area contributed by atoms with Crippen LogP contribution in [0.4, 0.5) is 0 Å². The van der Waals surface area contributed by atoms with Gasteiger partial charge in [-0.2, -0.15) is 0 Å². The van der Waals surface area contributed by atoms with E-state index in [9.17, 15) is 19.5 Å². The molecule has 2 atom stereocenters. The van der Waals surface area contributed by atoms with Crippen molar-refractivity contribution in [2.45, 2.75) is 309 Å². The number of esters is 2. The van der Waals surface area contributed by atoms with E-state index in [1.165, 1.54) is 148 Å². The summed E-state index contributed by atoms with van der Waals surface area (Å²) in [7, 11) is 5.93. The van der Waals surface area contributed by atoms with Crippen LogP contribution in [0.2, 0.25) is 0 Å². The summed E-state index contributed by atoms with van der Waals surface area (Å²) in [6.07, 6.45) is 101. The number of aliphatic carboxylic acids is 1. The van der Waals surface area contributed by atoms with E-state index in [4.69, 9.17) is 18.9 Å². The number of hydrogen-bond donors (Lipinski definition) is 0. The van der Waals surface area contributed by atoms with Crippen molar-refractivity contribution in [1.82, 2.24) is 0 Å². The maximum atomic E-state index is 13.0. The Balaban J connectivity index is 4.10. The number of rotatable bonds is 67. The van der Waals surface area contributed by atoms with Crippen molar-refractivity contribution in [2.75, 3.05) is 47.5 Å². The molecule has 0 fully saturated rings. The third-order valence-corrected chi connectivity index (χ3v) is 15.6. The van der Waals surface area contributed by atoms with Crippen molar-refractivity contribution >= 4 is 17.9 Å². The fourth-order valence-electron chi connectivity index (χ4n) is 10.0. The van der Waals surface area contributed by atoms with E-state index in [-0.39, 0.29) is 38.6 Å². The Labute approximate surface area is 560 Å². The second kappa shape index (κ2) is 71.0. The molecule has 518 valence electrons. The van der Waals surface area contributed by atoms with Gasteiger partial charge in [0.2, 0.25) is 0 Å². The lowest BCUT2D eigenvalue weighted by molar-refractivity contribution is -0.870. The van der Waals surface area contributed by atoms with Crippen LogP contribution in [0.15, 0.2) is 146 Å². The summed E-state index contributed by atoms with van der Waals surface area (Å²) in [4.78, 5) is 37.5. The normalized spacial score (nSPS) is 13.5. The van der Waals surface area contributed by atoms with Crippen molar-refractivity contribution in [2.24, 2.45) is 0 Å². The number of carbonyl (C=O) groups is 3. The van der Waals surface area contributed by atoms with Crippen LogP contribution in [0.5, 0.6) is 0 Å². The van der Waals surface area contributed by atoms with Crippen molar-refractivity contribution < 1.29 is 42.9 Å². The molecular weight excluding hydrogens is 1130 g/mol. The molecule has 0 rings (SSSR count). The lowest BCUT2D eigenvalue weighted by Crippen LogP contribution is -2.44. The van der Waals surface area contributed by atoms with E-state index >= 15 is 0 Å². The molecule has 0 bridgehead atoms. The number of nitrogens with zero attached hydrogens (tertiary/aromatic N) is 1. The Morgan fingerprint density at radius 1 is 0.330 bits per heavy atom. The van der Waals surface area contributed by atoms with Crippen LogP contribution in [-0.2, 0) is 33.3 Å². The highest BCUT2D eigenvalue weighted by Gasteiger charge is 2.22. The van der Waals surface area contributed by atoms with E-state index in [1.807, 2.05) is 21.1 Å². The zero-order valence-electron chi connectivity index (χ0n) is 59.2. The lowest BCUT2D eigenvalue weighted by atomic mass is 10.0. The van der Waals surface area contributed by atoms with Crippen LogP contribution < -0.4 is 5.11 Å². The summed E-state index contributed by atoms with van der Waals surface area (Å²) in [6, 6.07) is 0. The summed E-state index contributed by atoms with van der Waals surface area (Å²) in [6.45, 7) is 4.53. The van der Waals surface area contributed by atoms with E-state index in [0.717, 1.165) is 116 Å². The maximum absolute atomic E-state index is 13.0. The monoisotopic (exact) mass is 1260 g/mol. The summed E-state index contributed by atoms with van der Waals surface area (Å²) < 4.78 is 22.8. The smallest absolute Gasteiger partial charge is 0.306 e. The van der Waals surface area contributed by atoms with Gasteiger partial charge in [-0.05, 0) is 116 Å². The molecule has 0 radical (unpaired) electrons. The summed E-state index contributed by atoms with van der Waals surface area (Å²) >= 11 is 0. The lowest BCUT2D eigenvalue weighted by Gasteiger charge is -2.26. The Morgan fingerprint density at radius 3 is 0.879 bits per heavy atom. The number of carboxylic acid groups (broad SMARTS) is 1. The second-order valence-corrected chi connectivity index (χ2v) is 25.5. The van der Waals surface area contributed by atoms with Gasteiger partial charge in [0.05, 0.1) is 40.3 Å². The first-order valence-corrected chi connectivity index (χ1v) is 37.0. The Kier molecular flexibility index (Phi) is 67.3. The molecule has 0 saturated heterocycles. The van der Waals surface area contributed by atoms with E-state index in [1.54, 1.807) is 0 Å². The molecule has 0 aliphatic heterocycles. The Hall–Kier alpha value is -4.83. The maximum Gasteiger partial charge on any atom is 0.306 e. The van der Waals surface area contributed by atoms with Crippen LogP contribution in [0.3, 0.4) is 0 Å². The first kappa shape index (κ1) is 86.2. The Morgan fingerprint density at radius 2 is 0.593 bits per heavy atom. The zero-order chi connectivity index (χ0) is 66.1. The SMILES string of the molecule is CC/C=C\C/C=C\C/C=C\C/C=C\C/C=C\C/C=C\C/C=C\C/C=C\CCCCCCCCCCCCCCCCC(=O)OC(COC(=O)CCCCCCCCCCCCCCCC/C=C\C/C=C\C/C=C\C/C=C\CC)COC(OCC[N+](C)(C)C)C(=O)[O-]. The molecule has 9 heteroatoms. The van der Waals surface area contributed by atoms with Gasteiger partial charge in [0, 0.05) is 12.8 Å². The average molecular weight is 1260 g/mol. The predicted molar refractivity (Wildman–Crippen MR) is 389 cm³/mol. The van der Waals surface area contributed by atoms with Gasteiger partial charge in [0.15, 0.2) is 12.4 Å². The molecule has 0 aliphatic rings. The number of likely N-dealkylation sites (N-methyl/N-ethyl adjacent to an activating group) is 1. The quantitative estimate of drug-likeness (QED) is 0.0195. The highest BCUT2D eigenvalue weighted by Crippen LogP contribution is 2.17. The topological polar surface area (TPSA) is 111 Å². The number of hydrogen-bond acceptors (Lipinski definition) is 8. The van der Waals surface area contributed by atoms with Gasteiger partial charge in [0.1, 0.15) is 13.2 Å². The fourth-order valence-corrected chi connectivity index (χ4v) is 10.0. The van der Waals surface area contributed by atoms with Gasteiger partial charge in [-0.15, -0.1) is 0 Å². The molecular formula is C82H137NO8. The molecule has 0 amide bonds. The summed E-state index contributed by atoms with van der Waals surface area (Å²) in [5.74, 6) is -2.28.